The van der Waals surface area contributed by atoms with Crippen LogP contribution in [0.5, 0.6) is 0 Å². The minimum Gasteiger partial charge on any atom is -0.445 e. The number of nitrogens with one attached hydrogen (secondary N) is 4. The molecular formula is C71H111N9O15S. The van der Waals surface area contributed by atoms with Gasteiger partial charge in [0.1, 0.15) is 6.61 Å². The zero-order chi connectivity index (χ0) is 71.7. The molecule has 0 aromatic heterocycles. The fourth-order valence-electron chi connectivity index (χ4n) is 13.1. The molecule has 0 radical (unpaired) electrons. The molecule has 0 saturated carbocycles. The van der Waals surface area contributed by atoms with E-state index in [1.54, 1.807) is 87.2 Å². The van der Waals surface area contributed by atoms with Crippen LogP contribution in [0.1, 0.15) is 170 Å². The van der Waals surface area contributed by atoms with Crippen molar-refractivity contribution < 1.29 is 72.1 Å². The van der Waals surface area contributed by atoms with E-state index < -0.39 is 84.3 Å². The summed E-state index contributed by atoms with van der Waals surface area (Å²) >= 11 is 1.35. The molecule has 13 atom stereocenters. The van der Waals surface area contributed by atoms with Gasteiger partial charge in [0.15, 0.2) is 11.6 Å². The standard InChI is InChI=1S/C71H111N9O15S/c1-16-45(8)63(56(93-13)39-59(84)79-36-24-28-53(79)65(94-14)46(9)66(87)74-47(10)64(86)49-25-19-17-20-26-49)77(11)68(89)52(42(2)3)38-55(82)62(44(6)7)78(12)71(92)95-41-48-30-32-51(33-31-48)75-67(88)50(27-23-34-73-70(72)91)37-54(81)61(43(4)5)76-58(83)29-21-18-22-35-80-60(85)40-57(96-15)69(80)90/h17,19-20,25-26,30-33,42-47,50,52-53,56-57,61-65,86H,16,18,21-24,27-29,34-41H2,1-15H3,(H,74,87)(H,75,88)(H,76,83)(H3,72,73,91)/t45-,46+,47-,50+,52-,53-,56+,57?,61-,62-,63-,64-,65+/m0/s1. The molecule has 10 amide bonds. The molecule has 7 N–H and O–H groups in total. The molecule has 2 aliphatic rings. The molecule has 536 valence electrons. The van der Waals surface area contributed by atoms with E-state index in [0.29, 0.717) is 74.8 Å². The van der Waals surface area contributed by atoms with E-state index in [0.717, 1.165) is 0 Å². The Morgan fingerprint density at radius 1 is 0.771 bits per heavy atom. The van der Waals surface area contributed by atoms with Gasteiger partial charge >= 0.3 is 12.1 Å². The van der Waals surface area contributed by atoms with Crippen LogP contribution >= 0.6 is 11.8 Å². The molecule has 2 heterocycles. The fraction of sp³-hybridized carbons (Fsp3) is 0.676. The number of aliphatic hydroxyl groups excluding tert-OH is 1. The number of ketones is 2. The number of Topliss-reactive ketones (excluding diaryl/α,β-unsaturated/α-hetero) is 2. The Hall–Kier alpha value is -6.96. The highest BCUT2D eigenvalue weighted by Gasteiger charge is 2.45. The van der Waals surface area contributed by atoms with E-state index in [1.165, 1.54) is 42.8 Å². The summed E-state index contributed by atoms with van der Waals surface area (Å²) in [6.45, 7) is 19.1. The lowest BCUT2D eigenvalue weighted by Crippen LogP contribution is -2.55. The number of carbonyl (C=O) groups excluding carboxylic acids is 11. The maximum absolute atomic E-state index is 14.9. The molecule has 2 aromatic rings. The lowest BCUT2D eigenvalue weighted by molar-refractivity contribution is -0.149. The van der Waals surface area contributed by atoms with Crippen molar-refractivity contribution in [3.63, 3.8) is 0 Å². The molecule has 2 aliphatic heterocycles. The van der Waals surface area contributed by atoms with Gasteiger partial charge in [-0.3, -0.25) is 48.1 Å². The second-order valence-corrected chi connectivity index (χ2v) is 28.1. The number of primary amides is 1. The molecule has 2 fully saturated rings. The number of likely N-dealkylation sites (tertiary alicyclic amines) is 2. The molecule has 0 spiro atoms. The molecule has 0 bridgehead atoms. The number of benzene rings is 2. The third-order valence-corrected chi connectivity index (χ3v) is 19.9. The number of ether oxygens (including phenoxy) is 3. The van der Waals surface area contributed by atoms with Gasteiger partial charge < -0.3 is 61.0 Å². The predicted molar refractivity (Wildman–Crippen MR) is 369 cm³/mol. The van der Waals surface area contributed by atoms with E-state index in [4.69, 9.17) is 19.9 Å². The number of unbranched alkanes of at least 4 members (excludes halogenated alkanes) is 2. The summed E-state index contributed by atoms with van der Waals surface area (Å²) in [6.07, 6.45) is 2.60. The van der Waals surface area contributed by atoms with Gasteiger partial charge in [0.25, 0.3) is 0 Å². The van der Waals surface area contributed by atoms with Crippen LogP contribution in [0.3, 0.4) is 0 Å². The molecule has 96 heavy (non-hydrogen) atoms. The number of imide groups is 1. The van der Waals surface area contributed by atoms with Crippen LogP contribution < -0.4 is 27.0 Å². The first-order valence-electron chi connectivity index (χ1n) is 34.1. The summed E-state index contributed by atoms with van der Waals surface area (Å²) in [5, 5.41) is 21.8. The van der Waals surface area contributed by atoms with Gasteiger partial charge in [-0.05, 0) is 98.6 Å². The van der Waals surface area contributed by atoms with Crippen molar-refractivity contribution in [2.45, 2.75) is 213 Å². The minimum absolute atomic E-state index is 0.0694. The van der Waals surface area contributed by atoms with E-state index in [9.17, 15) is 57.8 Å². The summed E-state index contributed by atoms with van der Waals surface area (Å²) in [4.78, 5) is 155. The minimum atomic E-state index is -0.970. The van der Waals surface area contributed by atoms with Crippen LogP contribution in [-0.2, 0) is 64.0 Å². The van der Waals surface area contributed by atoms with Crippen molar-refractivity contribution in [3.8, 4) is 0 Å². The Kier molecular flexibility index (Phi) is 34.0. The molecule has 25 heteroatoms. The van der Waals surface area contributed by atoms with Crippen molar-refractivity contribution in [3.05, 3.63) is 65.7 Å². The summed E-state index contributed by atoms with van der Waals surface area (Å²) < 4.78 is 17.8. The Bertz CT molecular complexity index is 2900. The molecule has 0 aliphatic carbocycles. The summed E-state index contributed by atoms with van der Waals surface area (Å²) in [7, 11) is 6.20. The van der Waals surface area contributed by atoms with Gasteiger partial charge in [-0.15, -0.1) is 0 Å². The average molecular weight is 1360 g/mol. The van der Waals surface area contributed by atoms with Gasteiger partial charge in [-0.1, -0.05) is 118 Å². The number of aliphatic hydroxyl groups is 1. The first-order valence-corrected chi connectivity index (χ1v) is 35.4. The molecule has 24 nitrogen and oxygen atoms in total. The number of nitrogens with two attached hydrogens (primary N) is 1. The summed E-state index contributed by atoms with van der Waals surface area (Å²) in [6, 6.07) is 11.4. The number of anilines is 1. The van der Waals surface area contributed by atoms with Gasteiger partial charge in [0, 0.05) is 91.2 Å². The Labute approximate surface area is 573 Å². The van der Waals surface area contributed by atoms with Gasteiger partial charge in [0.05, 0.1) is 66.1 Å². The second kappa shape index (κ2) is 40.1. The molecule has 1 unspecified atom stereocenters. The van der Waals surface area contributed by atoms with Crippen molar-refractivity contribution in [1.82, 2.24) is 35.6 Å². The number of hydrogen-bond acceptors (Lipinski definition) is 16. The normalized spacial score (nSPS) is 18.3. The van der Waals surface area contributed by atoms with Crippen LogP contribution in [0, 0.1) is 41.4 Å². The lowest BCUT2D eigenvalue weighted by Gasteiger charge is -2.41. The number of hydrogen-bond donors (Lipinski definition) is 6. The van der Waals surface area contributed by atoms with E-state index >= 15 is 0 Å². The lowest BCUT2D eigenvalue weighted by atomic mass is 9.83. The monoisotopic (exact) mass is 1360 g/mol. The van der Waals surface area contributed by atoms with Crippen molar-refractivity contribution in [2.24, 2.45) is 47.2 Å². The smallest absolute Gasteiger partial charge is 0.410 e. The Balaban J connectivity index is 1.37. The van der Waals surface area contributed by atoms with Gasteiger partial charge in [-0.2, -0.15) is 11.8 Å². The maximum Gasteiger partial charge on any atom is 0.410 e. The number of carbonyl (C=O) groups is 11. The summed E-state index contributed by atoms with van der Waals surface area (Å²) in [5.41, 5.74) is 6.89. The Morgan fingerprint density at radius 3 is 2.01 bits per heavy atom. The van der Waals surface area contributed by atoms with Crippen LogP contribution in [0.4, 0.5) is 15.3 Å². The van der Waals surface area contributed by atoms with E-state index in [-0.39, 0.29) is 128 Å². The second-order valence-electron chi connectivity index (χ2n) is 27.0. The quantitative estimate of drug-likeness (QED) is 0.0273. The number of urea groups is 1. The third kappa shape index (κ3) is 23.7. The molecule has 4 rings (SSSR count). The topological polar surface area (TPSA) is 323 Å². The molecular weight excluding hydrogens is 1250 g/mol. The number of rotatable bonds is 41. The largest absolute Gasteiger partial charge is 0.445 e. The van der Waals surface area contributed by atoms with Crippen LogP contribution in [0.25, 0.3) is 0 Å². The zero-order valence-electron chi connectivity index (χ0n) is 59.4. The number of methoxy groups -OCH3 is 2. The fourth-order valence-corrected chi connectivity index (χ4v) is 13.8. The van der Waals surface area contributed by atoms with E-state index in [2.05, 4.69) is 21.3 Å². The first-order chi connectivity index (χ1) is 45.4. The van der Waals surface area contributed by atoms with E-state index in [1.807, 2.05) is 59.7 Å². The maximum atomic E-state index is 14.9. The van der Waals surface area contributed by atoms with Crippen LogP contribution in [-0.4, -0.2) is 192 Å². The third-order valence-electron chi connectivity index (χ3n) is 19.0. The average Bonchev–Trinajstić information content (AvgIpc) is 1.42. The molecule has 2 saturated heterocycles. The number of nitrogens with zero attached hydrogens (tertiary/aromatic N) is 4. The highest BCUT2D eigenvalue weighted by Crippen LogP contribution is 2.33. The Morgan fingerprint density at radius 2 is 1.44 bits per heavy atom. The predicted octanol–water partition coefficient (Wildman–Crippen LogP) is 7.82. The highest BCUT2D eigenvalue weighted by atomic mass is 32.2. The van der Waals surface area contributed by atoms with Crippen molar-refractivity contribution in [1.29, 1.82) is 0 Å². The first kappa shape index (κ1) is 81.5. The SMILES string of the molecule is CC[C@H](C)[C@@H]([C@@H](CC(=O)N1CCC[C@H]1[C@H](OC)[C@@H](C)C(=O)N[C@@H](C)[C@H](O)c1ccccc1)OC)N(C)C(=O)[C@@H](CC(=O)[C@H](C(C)C)N(C)C(=O)OCc1ccc(NC(=O)[C@H](CCCNC(N)=O)CC(=O)[C@@H](NC(=O)CCCCCN2C(=O)CC(SC)C2=O)C(C)C)cc1)C(C)C. The number of amides is 10. The van der Waals surface area contributed by atoms with Crippen molar-refractivity contribution >= 4 is 82.5 Å². The zero-order valence-corrected chi connectivity index (χ0v) is 60.2. The molecule has 2 aromatic carbocycles. The summed E-state index contributed by atoms with van der Waals surface area (Å²) in [5.74, 6) is -6.19. The number of thioether (sulfide) groups is 1. The highest BCUT2D eigenvalue weighted by molar-refractivity contribution is 8.00. The van der Waals surface area contributed by atoms with Crippen LogP contribution in [0.2, 0.25) is 0 Å². The number of likely N-dealkylation sites (N-methyl/N-ethyl adjacent to an activating group) is 2. The van der Waals surface area contributed by atoms with Gasteiger partial charge in [0.2, 0.25) is 41.4 Å². The van der Waals surface area contributed by atoms with Crippen molar-refractivity contribution in [2.75, 3.05) is 59.5 Å². The van der Waals surface area contributed by atoms with Gasteiger partial charge in [-0.25, -0.2) is 9.59 Å². The van der Waals surface area contributed by atoms with Crippen LogP contribution in [0.15, 0.2) is 54.6 Å².